The van der Waals surface area contributed by atoms with E-state index in [9.17, 15) is 9.59 Å². The predicted octanol–water partition coefficient (Wildman–Crippen LogP) is 3.85. The SMILES string of the molecule is CCOC(=O)/C(C#N)=C/c1ccc(OC(=O)COc2cccc(C)c2)c(OCC)c1. The van der Waals surface area contributed by atoms with Crippen molar-refractivity contribution in [3.05, 3.63) is 59.2 Å². The summed E-state index contributed by atoms with van der Waals surface area (Å²) < 4.78 is 21.2. The molecule has 7 nitrogen and oxygen atoms in total. The van der Waals surface area contributed by atoms with Gasteiger partial charge in [0.25, 0.3) is 0 Å². The van der Waals surface area contributed by atoms with Crippen molar-refractivity contribution in [1.82, 2.24) is 0 Å². The maximum absolute atomic E-state index is 12.2. The predicted molar refractivity (Wildman–Crippen MR) is 110 cm³/mol. The molecule has 2 aromatic rings. The van der Waals surface area contributed by atoms with Crippen LogP contribution in [0, 0.1) is 18.3 Å². The van der Waals surface area contributed by atoms with Gasteiger partial charge in [-0.25, -0.2) is 9.59 Å². The van der Waals surface area contributed by atoms with Crippen LogP contribution >= 0.6 is 0 Å². The second-order valence-electron chi connectivity index (χ2n) is 6.11. The number of carbonyl (C=O) groups excluding carboxylic acids is 2. The Morgan fingerprint density at radius 2 is 1.83 bits per heavy atom. The van der Waals surface area contributed by atoms with Crippen LogP contribution < -0.4 is 14.2 Å². The number of esters is 2. The van der Waals surface area contributed by atoms with Crippen LogP contribution in [0.5, 0.6) is 17.2 Å². The molecule has 0 saturated heterocycles. The van der Waals surface area contributed by atoms with E-state index in [4.69, 9.17) is 24.2 Å². The lowest BCUT2D eigenvalue weighted by Gasteiger charge is -2.12. The Labute approximate surface area is 175 Å². The van der Waals surface area contributed by atoms with Crippen molar-refractivity contribution in [3.63, 3.8) is 0 Å². The third kappa shape index (κ3) is 6.67. The maximum Gasteiger partial charge on any atom is 0.349 e. The van der Waals surface area contributed by atoms with Gasteiger partial charge in [0.2, 0.25) is 0 Å². The van der Waals surface area contributed by atoms with Gasteiger partial charge in [-0.15, -0.1) is 0 Å². The number of hydrogen-bond acceptors (Lipinski definition) is 7. The van der Waals surface area contributed by atoms with Gasteiger partial charge < -0.3 is 18.9 Å². The van der Waals surface area contributed by atoms with Gasteiger partial charge >= 0.3 is 11.9 Å². The molecule has 0 radical (unpaired) electrons. The Bertz CT molecular complexity index is 974. The third-order valence-corrected chi connectivity index (χ3v) is 3.76. The van der Waals surface area contributed by atoms with Crippen LogP contribution in [0.25, 0.3) is 6.08 Å². The molecule has 0 N–H and O–H groups in total. The Balaban J connectivity index is 2.13. The smallest absolute Gasteiger partial charge is 0.349 e. The van der Waals surface area contributed by atoms with Crippen molar-refractivity contribution in [1.29, 1.82) is 5.26 Å². The van der Waals surface area contributed by atoms with Crippen LogP contribution in [0.2, 0.25) is 0 Å². The number of carbonyl (C=O) groups is 2. The second-order valence-corrected chi connectivity index (χ2v) is 6.11. The molecule has 0 spiro atoms. The lowest BCUT2D eigenvalue weighted by Crippen LogP contribution is -2.18. The van der Waals surface area contributed by atoms with Crippen molar-refractivity contribution in [2.45, 2.75) is 20.8 Å². The van der Waals surface area contributed by atoms with E-state index in [0.717, 1.165) is 5.56 Å². The molecule has 0 fully saturated rings. The van der Waals surface area contributed by atoms with Gasteiger partial charge in [0.15, 0.2) is 18.1 Å². The van der Waals surface area contributed by atoms with Gasteiger partial charge in [0, 0.05) is 0 Å². The summed E-state index contributed by atoms with van der Waals surface area (Å²) in [6.07, 6.45) is 1.38. The molecule has 156 valence electrons. The van der Waals surface area contributed by atoms with E-state index < -0.39 is 11.9 Å². The highest BCUT2D eigenvalue weighted by Gasteiger charge is 2.14. The number of hydrogen-bond donors (Lipinski definition) is 0. The number of benzene rings is 2. The first kappa shape index (κ1) is 22.5. The fraction of sp³-hybridized carbons (Fsp3) is 0.261. The normalized spacial score (nSPS) is 10.7. The van der Waals surface area contributed by atoms with Crippen molar-refractivity contribution in [3.8, 4) is 23.3 Å². The third-order valence-electron chi connectivity index (χ3n) is 3.76. The first-order valence-corrected chi connectivity index (χ1v) is 9.42. The van der Waals surface area contributed by atoms with Crippen LogP contribution in [0.15, 0.2) is 48.0 Å². The zero-order valence-electron chi connectivity index (χ0n) is 17.1. The first-order chi connectivity index (χ1) is 14.5. The molecular formula is C23H23NO6. The Hall–Kier alpha value is -3.79. The van der Waals surface area contributed by atoms with Gasteiger partial charge in [0.1, 0.15) is 17.4 Å². The first-order valence-electron chi connectivity index (χ1n) is 9.42. The Kier molecular flexibility index (Phi) is 8.45. The summed E-state index contributed by atoms with van der Waals surface area (Å²) in [5.74, 6) is -0.218. The van der Waals surface area contributed by atoms with Crippen LogP contribution in [0.4, 0.5) is 0 Å². The van der Waals surface area contributed by atoms with Crippen molar-refractivity contribution >= 4 is 18.0 Å². The molecule has 2 aromatic carbocycles. The molecular weight excluding hydrogens is 386 g/mol. The zero-order chi connectivity index (χ0) is 21.9. The summed E-state index contributed by atoms with van der Waals surface area (Å²) >= 11 is 0. The average molecular weight is 409 g/mol. The molecule has 0 heterocycles. The largest absolute Gasteiger partial charge is 0.490 e. The summed E-state index contributed by atoms with van der Waals surface area (Å²) in [6, 6.07) is 13.8. The fourth-order valence-electron chi connectivity index (χ4n) is 2.48. The van der Waals surface area contributed by atoms with Crippen molar-refractivity contribution < 1.29 is 28.5 Å². The molecule has 0 saturated carbocycles. The molecule has 0 unspecified atom stereocenters. The lowest BCUT2D eigenvalue weighted by atomic mass is 10.1. The van der Waals surface area contributed by atoms with Gasteiger partial charge in [-0.2, -0.15) is 5.26 Å². The standard InChI is InChI=1S/C23H23NO6/c1-4-27-21-13-17(12-18(14-24)23(26)28-5-2)9-10-20(21)30-22(25)15-29-19-8-6-7-16(3)11-19/h6-13H,4-5,15H2,1-3H3/b18-12+. The van der Waals surface area contributed by atoms with Crippen LogP contribution in [0.3, 0.4) is 0 Å². The summed E-state index contributed by atoms with van der Waals surface area (Å²) in [5, 5.41) is 9.17. The number of rotatable bonds is 9. The van der Waals surface area contributed by atoms with E-state index in [1.807, 2.05) is 31.2 Å². The molecule has 7 heteroatoms. The maximum atomic E-state index is 12.2. The quantitative estimate of drug-likeness (QED) is 0.269. The summed E-state index contributed by atoms with van der Waals surface area (Å²) in [7, 11) is 0. The van der Waals surface area contributed by atoms with E-state index in [1.54, 1.807) is 32.0 Å². The molecule has 0 atom stereocenters. The van der Waals surface area contributed by atoms with E-state index in [-0.39, 0.29) is 24.5 Å². The summed E-state index contributed by atoms with van der Waals surface area (Å²) in [4.78, 5) is 24.0. The summed E-state index contributed by atoms with van der Waals surface area (Å²) in [6.45, 7) is 5.61. The minimum absolute atomic E-state index is 0.143. The zero-order valence-corrected chi connectivity index (χ0v) is 17.1. The van der Waals surface area contributed by atoms with Crippen LogP contribution in [0.1, 0.15) is 25.0 Å². The van der Waals surface area contributed by atoms with Crippen molar-refractivity contribution in [2.24, 2.45) is 0 Å². The minimum atomic E-state index is -0.707. The minimum Gasteiger partial charge on any atom is -0.490 e. The summed E-state index contributed by atoms with van der Waals surface area (Å²) in [5.41, 5.74) is 1.40. The molecule has 0 bridgehead atoms. The lowest BCUT2D eigenvalue weighted by molar-refractivity contribution is -0.138. The highest BCUT2D eigenvalue weighted by molar-refractivity contribution is 5.98. The van der Waals surface area contributed by atoms with Crippen molar-refractivity contribution in [2.75, 3.05) is 19.8 Å². The van der Waals surface area contributed by atoms with E-state index in [2.05, 4.69) is 0 Å². The average Bonchev–Trinajstić information content (AvgIpc) is 2.72. The molecule has 0 aliphatic heterocycles. The number of aryl methyl sites for hydroxylation is 1. The Morgan fingerprint density at radius 3 is 2.50 bits per heavy atom. The van der Waals surface area contributed by atoms with E-state index in [1.165, 1.54) is 12.1 Å². The molecule has 2 rings (SSSR count). The highest BCUT2D eigenvalue weighted by atomic mass is 16.6. The van der Waals surface area contributed by atoms with Gasteiger partial charge in [0.05, 0.1) is 13.2 Å². The second kappa shape index (κ2) is 11.3. The van der Waals surface area contributed by atoms with E-state index >= 15 is 0 Å². The molecule has 0 amide bonds. The topological polar surface area (TPSA) is 94.9 Å². The van der Waals surface area contributed by atoms with E-state index in [0.29, 0.717) is 23.7 Å². The molecule has 0 aromatic heterocycles. The monoisotopic (exact) mass is 409 g/mol. The Morgan fingerprint density at radius 1 is 1.03 bits per heavy atom. The number of nitrogens with zero attached hydrogens (tertiary/aromatic N) is 1. The highest BCUT2D eigenvalue weighted by Crippen LogP contribution is 2.29. The van der Waals surface area contributed by atoms with Gasteiger partial charge in [-0.05, 0) is 62.2 Å². The molecule has 0 aliphatic carbocycles. The number of nitriles is 1. The van der Waals surface area contributed by atoms with Gasteiger partial charge in [-0.1, -0.05) is 18.2 Å². The number of ether oxygens (including phenoxy) is 4. The molecule has 0 aliphatic rings. The van der Waals surface area contributed by atoms with Crippen LogP contribution in [-0.2, 0) is 14.3 Å². The van der Waals surface area contributed by atoms with Crippen LogP contribution in [-0.4, -0.2) is 31.8 Å². The molecule has 30 heavy (non-hydrogen) atoms. The fourth-order valence-corrected chi connectivity index (χ4v) is 2.48. The van der Waals surface area contributed by atoms with Gasteiger partial charge in [-0.3, -0.25) is 0 Å².